The van der Waals surface area contributed by atoms with E-state index < -0.39 is 0 Å². The number of aromatic nitrogens is 1. The van der Waals surface area contributed by atoms with Crippen molar-refractivity contribution in [3.05, 3.63) is 42.1 Å². The molecule has 1 aliphatic rings. The Morgan fingerprint density at radius 2 is 2.14 bits per heavy atom. The first-order valence-electron chi connectivity index (χ1n) is 7.61. The fraction of sp³-hybridized carbons (Fsp3) is 0.471. The number of thioether (sulfide) groups is 2. The Kier molecular flexibility index (Phi) is 5.09. The molecule has 3 atom stereocenters. The molecule has 3 rings (SSSR count). The number of nitrogens with one attached hydrogen (secondary N) is 1. The lowest BCUT2D eigenvalue weighted by molar-refractivity contribution is 0.526. The van der Waals surface area contributed by atoms with Gasteiger partial charge in [0.25, 0.3) is 0 Å². The van der Waals surface area contributed by atoms with Crippen molar-refractivity contribution in [1.29, 1.82) is 0 Å². The standard InChI is InChI=1S/C17H22N2S2/c1-3-18-16(17-12(2)20-9-10-21-17)14-6-7-15-13(11-14)5-4-8-19-15/h4-8,11-12,16-18H,3,9-10H2,1-2H3. The Balaban J connectivity index is 1.94. The molecule has 0 saturated carbocycles. The Morgan fingerprint density at radius 1 is 1.29 bits per heavy atom. The van der Waals surface area contributed by atoms with Crippen LogP contribution in [0.2, 0.25) is 0 Å². The van der Waals surface area contributed by atoms with Crippen LogP contribution in [-0.2, 0) is 0 Å². The molecule has 3 unspecified atom stereocenters. The second kappa shape index (κ2) is 7.03. The van der Waals surface area contributed by atoms with Gasteiger partial charge in [0.1, 0.15) is 0 Å². The number of fused-ring (bicyclic) bond motifs is 1. The van der Waals surface area contributed by atoms with Gasteiger partial charge in [0.15, 0.2) is 0 Å². The molecule has 1 fully saturated rings. The fourth-order valence-corrected chi connectivity index (χ4v) is 5.90. The van der Waals surface area contributed by atoms with Gasteiger partial charge in [0.2, 0.25) is 0 Å². The molecule has 0 spiro atoms. The van der Waals surface area contributed by atoms with Gasteiger partial charge in [-0.3, -0.25) is 4.98 Å². The molecule has 21 heavy (non-hydrogen) atoms. The van der Waals surface area contributed by atoms with Crippen molar-refractivity contribution in [2.45, 2.75) is 30.4 Å². The minimum absolute atomic E-state index is 0.424. The van der Waals surface area contributed by atoms with Crippen molar-refractivity contribution in [1.82, 2.24) is 10.3 Å². The zero-order valence-electron chi connectivity index (χ0n) is 12.6. The number of hydrogen-bond donors (Lipinski definition) is 1. The predicted octanol–water partition coefficient (Wildman–Crippen LogP) is 4.12. The van der Waals surface area contributed by atoms with Crippen LogP contribution in [-0.4, -0.2) is 33.5 Å². The molecule has 1 saturated heterocycles. The van der Waals surface area contributed by atoms with Gasteiger partial charge in [-0.2, -0.15) is 23.5 Å². The molecular weight excluding hydrogens is 296 g/mol. The summed E-state index contributed by atoms with van der Waals surface area (Å²) in [5.74, 6) is 2.54. The normalized spacial score (nSPS) is 24.1. The highest BCUT2D eigenvalue weighted by molar-refractivity contribution is 8.07. The number of nitrogens with zero attached hydrogens (tertiary/aromatic N) is 1. The lowest BCUT2D eigenvalue weighted by Crippen LogP contribution is -2.37. The quantitative estimate of drug-likeness (QED) is 0.916. The molecule has 0 bridgehead atoms. The van der Waals surface area contributed by atoms with Crippen LogP contribution in [0, 0.1) is 0 Å². The molecule has 4 heteroatoms. The summed E-state index contributed by atoms with van der Waals surface area (Å²) in [7, 11) is 0. The van der Waals surface area contributed by atoms with Gasteiger partial charge in [0, 0.05) is 39.6 Å². The summed E-state index contributed by atoms with van der Waals surface area (Å²) in [6, 6.07) is 11.3. The summed E-state index contributed by atoms with van der Waals surface area (Å²) in [4.78, 5) is 4.43. The van der Waals surface area contributed by atoms with Crippen LogP contribution in [0.4, 0.5) is 0 Å². The predicted molar refractivity (Wildman–Crippen MR) is 96.3 cm³/mol. The Morgan fingerprint density at radius 3 is 2.95 bits per heavy atom. The maximum Gasteiger partial charge on any atom is 0.0702 e. The summed E-state index contributed by atoms with van der Waals surface area (Å²) in [5, 5.41) is 6.27. The minimum atomic E-state index is 0.424. The van der Waals surface area contributed by atoms with Gasteiger partial charge in [-0.25, -0.2) is 0 Å². The lowest BCUT2D eigenvalue weighted by Gasteiger charge is -2.35. The van der Waals surface area contributed by atoms with E-state index >= 15 is 0 Å². The van der Waals surface area contributed by atoms with Gasteiger partial charge in [-0.15, -0.1) is 0 Å². The summed E-state index contributed by atoms with van der Waals surface area (Å²) in [6.07, 6.45) is 1.86. The second-order valence-corrected chi connectivity index (χ2v) is 8.17. The summed E-state index contributed by atoms with van der Waals surface area (Å²) < 4.78 is 0. The Bertz CT molecular complexity index is 602. The average molecular weight is 319 g/mol. The van der Waals surface area contributed by atoms with Gasteiger partial charge in [0.05, 0.1) is 5.52 Å². The lowest BCUT2D eigenvalue weighted by atomic mass is 9.99. The highest BCUT2D eigenvalue weighted by Gasteiger charge is 2.30. The van der Waals surface area contributed by atoms with Crippen molar-refractivity contribution < 1.29 is 0 Å². The van der Waals surface area contributed by atoms with Gasteiger partial charge in [-0.1, -0.05) is 26.0 Å². The van der Waals surface area contributed by atoms with Crippen molar-refractivity contribution in [2.75, 3.05) is 18.1 Å². The van der Waals surface area contributed by atoms with Crippen LogP contribution in [0.25, 0.3) is 10.9 Å². The van der Waals surface area contributed by atoms with E-state index in [4.69, 9.17) is 0 Å². The molecule has 1 aromatic heterocycles. The molecule has 1 aliphatic heterocycles. The van der Waals surface area contributed by atoms with E-state index in [0.717, 1.165) is 12.1 Å². The highest BCUT2D eigenvalue weighted by Crippen LogP contribution is 2.39. The van der Waals surface area contributed by atoms with E-state index in [9.17, 15) is 0 Å². The van der Waals surface area contributed by atoms with Crippen LogP contribution < -0.4 is 5.32 Å². The molecule has 0 aliphatic carbocycles. The third-order valence-corrected chi connectivity index (χ3v) is 7.17. The number of benzene rings is 1. The molecule has 1 aromatic carbocycles. The van der Waals surface area contributed by atoms with Crippen LogP contribution in [0.5, 0.6) is 0 Å². The van der Waals surface area contributed by atoms with E-state index in [2.05, 4.69) is 71.9 Å². The van der Waals surface area contributed by atoms with E-state index in [0.29, 0.717) is 16.5 Å². The van der Waals surface area contributed by atoms with Crippen LogP contribution in [0.3, 0.4) is 0 Å². The molecule has 1 N–H and O–H groups in total. The van der Waals surface area contributed by atoms with Crippen molar-refractivity contribution in [3.63, 3.8) is 0 Å². The maximum absolute atomic E-state index is 4.43. The zero-order valence-corrected chi connectivity index (χ0v) is 14.2. The molecule has 0 amide bonds. The first kappa shape index (κ1) is 15.2. The van der Waals surface area contributed by atoms with Crippen molar-refractivity contribution in [2.24, 2.45) is 0 Å². The maximum atomic E-state index is 4.43. The monoisotopic (exact) mass is 318 g/mol. The Labute approximate surface area is 135 Å². The van der Waals surface area contributed by atoms with Crippen LogP contribution in [0.15, 0.2) is 36.5 Å². The van der Waals surface area contributed by atoms with Crippen molar-refractivity contribution in [3.8, 4) is 0 Å². The zero-order chi connectivity index (χ0) is 14.7. The van der Waals surface area contributed by atoms with Crippen LogP contribution >= 0.6 is 23.5 Å². The van der Waals surface area contributed by atoms with E-state index in [1.807, 2.05) is 12.3 Å². The number of hydrogen-bond acceptors (Lipinski definition) is 4. The largest absolute Gasteiger partial charge is 0.309 e. The number of rotatable bonds is 4. The molecule has 112 valence electrons. The first-order valence-corrected chi connectivity index (χ1v) is 9.70. The van der Waals surface area contributed by atoms with E-state index in [-0.39, 0.29) is 0 Å². The molecule has 2 aromatic rings. The molecule has 2 heterocycles. The SMILES string of the molecule is CCNC(c1ccc2ncccc2c1)C1SCCSC1C. The third-order valence-electron chi connectivity index (χ3n) is 3.98. The van der Waals surface area contributed by atoms with Gasteiger partial charge in [-0.05, 0) is 30.3 Å². The fourth-order valence-electron chi connectivity index (χ4n) is 2.95. The Hall–Kier alpha value is -0.710. The third kappa shape index (κ3) is 3.38. The smallest absolute Gasteiger partial charge is 0.0702 e. The van der Waals surface area contributed by atoms with Gasteiger partial charge >= 0.3 is 0 Å². The highest BCUT2D eigenvalue weighted by atomic mass is 32.2. The molecule has 0 radical (unpaired) electrons. The van der Waals surface area contributed by atoms with E-state index in [1.54, 1.807) is 0 Å². The van der Waals surface area contributed by atoms with Crippen LogP contribution in [0.1, 0.15) is 25.5 Å². The number of pyridine rings is 1. The van der Waals surface area contributed by atoms with E-state index in [1.165, 1.54) is 22.5 Å². The topological polar surface area (TPSA) is 24.9 Å². The minimum Gasteiger partial charge on any atom is -0.309 e. The first-order chi connectivity index (χ1) is 10.3. The average Bonchev–Trinajstić information content (AvgIpc) is 2.53. The summed E-state index contributed by atoms with van der Waals surface area (Å²) in [5.41, 5.74) is 2.47. The van der Waals surface area contributed by atoms with Gasteiger partial charge < -0.3 is 5.32 Å². The van der Waals surface area contributed by atoms with Crippen molar-refractivity contribution >= 4 is 34.4 Å². The summed E-state index contributed by atoms with van der Waals surface area (Å²) in [6.45, 7) is 5.57. The summed E-state index contributed by atoms with van der Waals surface area (Å²) >= 11 is 4.23. The second-order valence-electron chi connectivity index (χ2n) is 5.40. The molecular formula is C17H22N2S2. The molecule has 2 nitrogen and oxygen atoms in total.